The number of esters is 2. The fraction of sp³-hybridized carbons (Fsp3) is 0.556. The summed E-state index contributed by atoms with van der Waals surface area (Å²) in [6, 6.07) is 0. The Morgan fingerprint density at radius 2 is 2.07 bits per heavy atom. The second-order valence-corrected chi connectivity index (χ2v) is 2.76. The molecule has 0 amide bonds. The minimum atomic E-state index is -1.27. The van der Waals surface area contributed by atoms with Crippen molar-refractivity contribution < 1.29 is 29.3 Å². The average molecular weight is 218 g/mol. The molecule has 0 fully saturated rings. The summed E-state index contributed by atoms with van der Waals surface area (Å²) >= 11 is 0. The fourth-order valence-electron chi connectivity index (χ4n) is 0.635. The van der Waals surface area contributed by atoms with Crippen molar-refractivity contribution in [3.8, 4) is 0 Å². The topological polar surface area (TPSA) is 93.1 Å². The monoisotopic (exact) mass is 218 g/mol. The van der Waals surface area contributed by atoms with E-state index in [-0.39, 0.29) is 25.4 Å². The molecule has 1 atom stereocenters. The van der Waals surface area contributed by atoms with Gasteiger partial charge >= 0.3 is 11.9 Å². The van der Waals surface area contributed by atoms with Gasteiger partial charge in [-0.3, -0.25) is 4.79 Å². The van der Waals surface area contributed by atoms with Crippen LogP contribution < -0.4 is 0 Å². The molecule has 0 aliphatic rings. The first-order chi connectivity index (χ1) is 6.97. The molecule has 0 saturated heterocycles. The number of aliphatic hydroxyl groups excluding tert-OH is 2. The molecule has 0 heterocycles. The Morgan fingerprint density at radius 1 is 1.47 bits per heavy atom. The number of aliphatic hydroxyl groups is 2. The van der Waals surface area contributed by atoms with Gasteiger partial charge in [-0.15, -0.1) is 0 Å². The van der Waals surface area contributed by atoms with Gasteiger partial charge in [0.05, 0.1) is 6.61 Å². The highest BCUT2D eigenvalue weighted by atomic mass is 16.6. The molecule has 0 aliphatic carbocycles. The van der Waals surface area contributed by atoms with E-state index in [1.807, 2.05) is 0 Å². The zero-order valence-corrected chi connectivity index (χ0v) is 8.43. The molecule has 0 spiro atoms. The Labute approximate surface area is 87.1 Å². The molecule has 0 radical (unpaired) electrons. The van der Waals surface area contributed by atoms with Crippen LogP contribution in [0, 0.1) is 0 Å². The highest BCUT2D eigenvalue weighted by molar-refractivity contribution is 5.77. The zero-order valence-electron chi connectivity index (χ0n) is 8.43. The van der Waals surface area contributed by atoms with Crippen molar-refractivity contribution >= 4 is 11.9 Å². The molecule has 6 nitrogen and oxygen atoms in total. The van der Waals surface area contributed by atoms with E-state index in [2.05, 4.69) is 16.1 Å². The molecular formula is C9H14O6. The summed E-state index contributed by atoms with van der Waals surface area (Å²) in [6.45, 7) is 4.16. The molecule has 0 aliphatic heterocycles. The van der Waals surface area contributed by atoms with Crippen LogP contribution in [0.5, 0.6) is 0 Å². The fourth-order valence-corrected chi connectivity index (χ4v) is 0.635. The zero-order chi connectivity index (χ0) is 11.8. The van der Waals surface area contributed by atoms with E-state index in [0.717, 1.165) is 0 Å². The summed E-state index contributed by atoms with van der Waals surface area (Å²) in [5.74, 6) is -1.65. The van der Waals surface area contributed by atoms with Crippen molar-refractivity contribution in [1.29, 1.82) is 0 Å². The van der Waals surface area contributed by atoms with Crippen LogP contribution in [-0.4, -0.2) is 41.5 Å². The molecular weight excluding hydrogens is 204 g/mol. The predicted molar refractivity (Wildman–Crippen MR) is 49.6 cm³/mol. The summed E-state index contributed by atoms with van der Waals surface area (Å²) in [7, 11) is 0. The normalized spacial score (nSPS) is 11.7. The Kier molecular flexibility index (Phi) is 6.32. The lowest BCUT2D eigenvalue weighted by molar-refractivity contribution is -0.150. The van der Waals surface area contributed by atoms with Gasteiger partial charge in [0.15, 0.2) is 0 Å². The van der Waals surface area contributed by atoms with E-state index >= 15 is 0 Å². The third-order valence-corrected chi connectivity index (χ3v) is 1.28. The van der Waals surface area contributed by atoms with Crippen LogP contribution in [-0.2, 0) is 19.1 Å². The first kappa shape index (κ1) is 13.6. The molecule has 0 aromatic carbocycles. The molecule has 0 aromatic rings. The van der Waals surface area contributed by atoms with Gasteiger partial charge < -0.3 is 19.7 Å². The van der Waals surface area contributed by atoms with Crippen LogP contribution in [0.3, 0.4) is 0 Å². The number of hydrogen-bond donors (Lipinski definition) is 2. The Morgan fingerprint density at radius 3 is 2.53 bits per heavy atom. The van der Waals surface area contributed by atoms with E-state index in [4.69, 9.17) is 10.2 Å². The Balaban J connectivity index is 3.83. The maximum Gasteiger partial charge on any atom is 0.339 e. The van der Waals surface area contributed by atoms with Crippen molar-refractivity contribution in [1.82, 2.24) is 0 Å². The molecule has 15 heavy (non-hydrogen) atoms. The van der Waals surface area contributed by atoms with Gasteiger partial charge in [0.1, 0.15) is 24.9 Å². The van der Waals surface area contributed by atoms with Gasteiger partial charge in [0.2, 0.25) is 0 Å². The quantitative estimate of drug-likeness (QED) is 0.454. The van der Waals surface area contributed by atoms with Crippen molar-refractivity contribution in [3.63, 3.8) is 0 Å². The van der Waals surface area contributed by atoms with E-state index in [1.54, 1.807) is 0 Å². The number of hydrogen-bond acceptors (Lipinski definition) is 6. The molecule has 0 aromatic heterocycles. The predicted octanol–water partition coefficient (Wildman–Crippen LogP) is -0.650. The van der Waals surface area contributed by atoms with Gasteiger partial charge in [0.25, 0.3) is 0 Å². The standard InChI is InChI=1S/C9H14O6/c1-6(15-9(13)7(2)11)5-8(12)14-4-3-10/h7,10-11H,1,3-5H2,2H3. The van der Waals surface area contributed by atoms with Gasteiger partial charge in [-0.25, -0.2) is 4.79 Å². The molecule has 2 N–H and O–H groups in total. The van der Waals surface area contributed by atoms with Crippen molar-refractivity contribution in [2.75, 3.05) is 13.2 Å². The smallest absolute Gasteiger partial charge is 0.339 e. The van der Waals surface area contributed by atoms with Crippen LogP contribution in [0.25, 0.3) is 0 Å². The summed E-state index contributed by atoms with van der Waals surface area (Å²) in [6.07, 6.45) is -1.56. The van der Waals surface area contributed by atoms with Gasteiger partial charge in [-0.2, -0.15) is 0 Å². The molecule has 0 rings (SSSR count). The summed E-state index contributed by atoms with van der Waals surface area (Å²) in [4.78, 5) is 21.7. The maximum absolute atomic E-state index is 10.9. The highest BCUT2D eigenvalue weighted by Gasteiger charge is 2.14. The van der Waals surface area contributed by atoms with Crippen LogP contribution in [0.2, 0.25) is 0 Å². The van der Waals surface area contributed by atoms with Crippen LogP contribution in [0.15, 0.2) is 12.3 Å². The van der Waals surface area contributed by atoms with Crippen molar-refractivity contribution in [2.45, 2.75) is 19.4 Å². The molecule has 0 saturated carbocycles. The second-order valence-electron chi connectivity index (χ2n) is 2.76. The Bertz CT molecular complexity index is 245. The molecule has 6 heteroatoms. The van der Waals surface area contributed by atoms with Crippen molar-refractivity contribution in [3.05, 3.63) is 12.3 Å². The first-order valence-electron chi connectivity index (χ1n) is 4.31. The minimum absolute atomic E-state index is 0.108. The van der Waals surface area contributed by atoms with Gasteiger partial charge in [0, 0.05) is 0 Å². The van der Waals surface area contributed by atoms with E-state index in [1.165, 1.54) is 6.92 Å². The number of rotatable bonds is 6. The van der Waals surface area contributed by atoms with E-state index in [0.29, 0.717) is 0 Å². The Hall–Kier alpha value is -1.40. The van der Waals surface area contributed by atoms with E-state index in [9.17, 15) is 9.59 Å². The SMILES string of the molecule is C=C(CC(=O)OCCO)OC(=O)C(C)O. The lowest BCUT2D eigenvalue weighted by atomic mass is 10.3. The summed E-state index contributed by atoms with van der Waals surface area (Å²) in [5.41, 5.74) is 0. The molecule has 0 bridgehead atoms. The highest BCUT2D eigenvalue weighted by Crippen LogP contribution is 2.04. The van der Waals surface area contributed by atoms with Crippen LogP contribution >= 0.6 is 0 Å². The third-order valence-electron chi connectivity index (χ3n) is 1.28. The number of carbonyl (C=O) groups is 2. The molecule has 86 valence electrons. The second kappa shape index (κ2) is 6.97. The van der Waals surface area contributed by atoms with E-state index < -0.39 is 18.0 Å². The summed E-state index contributed by atoms with van der Waals surface area (Å²) in [5, 5.41) is 17.1. The first-order valence-corrected chi connectivity index (χ1v) is 4.31. The van der Waals surface area contributed by atoms with Gasteiger partial charge in [-0.05, 0) is 6.92 Å². The van der Waals surface area contributed by atoms with Crippen molar-refractivity contribution in [2.24, 2.45) is 0 Å². The molecule has 1 unspecified atom stereocenters. The van der Waals surface area contributed by atoms with Gasteiger partial charge in [-0.1, -0.05) is 6.58 Å². The number of carbonyl (C=O) groups excluding carboxylic acids is 2. The van der Waals surface area contributed by atoms with Crippen LogP contribution in [0.1, 0.15) is 13.3 Å². The largest absolute Gasteiger partial charge is 0.463 e. The maximum atomic E-state index is 10.9. The lowest BCUT2D eigenvalue weighted by Crippen LogP contribution is -2.20. The number of ether oxygens (including phenoxy) is 2. The van der Waals surface area contributed by atoms with Crippen LogP contribution in [0.4, 0.5) is 0 Å². The summed E-state index contributed by atoms with van der Waals surface area (Å²) < 4.78 is 9.02. The average Bonchev–Trinajstić information content (AvgIpc) is 2.14. The third kappa shape index (κ3) is 6.64. The minimum Gasteiger partial charge on any atom is -0.463 e. The lowest BCUT2D eigenvalue weighted by Gasteiger charge is -2.08.